The van der Waals surface area contributed by atoms with Crippen LogP contribution in [0.5, 0.6) is 0 Å². The van der Waals surface area contributed by atoms with Gasteiger partial charge in [0.2, 0.25) is 5.91 Å². The minimum atomic E-state index is -0.121. The quantitative estimate of drug-likeness (QED) is 0.703. The van der Waals surface area contributed by atoms with E-state index in [1.807, 2.05) is 0 Å². The molecule has 0 spiro atoms. The van der Waals surface area contributed by atoms with Crippen LogP contribution in [-0.4, -0.2) is 29.8 Å². The lowest BCUT2D eigenvalue weighted by atomic mass is 10.2. The van der Waals surface area contributed by atoms with Gasteiger partial charge >= 0.3 is 0 Å². The SMILES string of the molecule is O=C1CC(=O)N(c2nc3c(s2)CNCC3)C1. The van der Waals surface area contributed by atoms with E-state index in [0.717, 1.165) is 25.2 Å². The average Bonchev–Trinajstić information content (AvgIpc) is 2.81. The number of ketones is 1. The van der Waals surface area contributed by atoms with Crippen LogP contribution in [0.1, 0.15) is 17.0 Å². The van der Waals surface area contributed by atoms with Crippen molar-refractivity contribution in [2.24, 2.45) is 0 Å². The van der Waals surface area contributed by atoms with E-state index in [0.29, 0.717) is 5.13 Å². The molecule has 0 aromatic carbocycles. The molecule has 16 heavy (non-hydrogen) atoms. The number of amides is 1. The minimum absolute atomic E-state index is 0.0173. The Morgan fingerprint density at radius 1 is 1.38 bits per heavy atom. The molecule has 1 amide bonds. The van der Waals surface area contributed by atoms with Crippen molar-refractivity contribution in [1.29, 1.82) is 0 Å². The summed E-state index contributed by atoms with van der Waals surface area (Å²) in [5, 5.41) is 3.95. The van der Waals surface area contributed by atoms with E-state index in [-0.39, 0.29) is 24.7 Å². The molecule has 1 aromatic rings. The molecule has 1 aromatic heterocycles. The zero-order valence-electron chi connectivity index (χ0n) is 8.65. The summed E-state index contributed by atoms with van der Waals surface area (Å²) in [6.45, 7) is 1.95. The Morgan fingerprint density at radius 2 is 2.25 bits per heavy atom. The molecule has 6 heteroatoms. The third kappa shape index (κ3) is 1.54. The zero-order valence-corrected chi connectivity index (χ0v) is 9.47. The molecule has 2 aliphatic rings. The highest BCUT2D eigenvalue weighted by molar-refractivity contribution is 7.16. The number of fused-ring (bicyclic) bond motifs is 1. The first kappa shape index (κ1) is 9.92. The lowest BCUT2D eigenvalue weighted by Gasteiger charge is -2.09. The number of anilines is 1. The van der Waals surface area contributed by atoms with Gasteiger partial charge in [0.1, 0.15) is 0 Å². The van der Waals surface area contributed by atoms with Gasteiger partial charge in [-0.1, -0.05) is 11.3 Å². The van der Waals surface area contributed by atoms with Crippen LogP contribution in [0.3, 0.4) is 0 Å². The summed E-state index contributed by atoms with van der Waals surface area (Å²) in [7, 11) is 0. The smallest absolute Gasteiger partial charge is 0.236 e. The second-order valence-electron chi connectivity index (χ2n) is 3.99. The van der Waals surface area contributed by atoms with Crippen molar-refractivity contribution in [2.45, 2.75) is 19.4 Å². The van der Waals surface area contributed by atoms with Crippen molar-refractivity contribution in [1.82, 2.24) is 10.3 Å². The molecule has 0 radical (unpaired) electrons. The molecule has 1 saturated heterocycles. The van der Waals surface area contributed by atoms with E-state index in [1.54, 1.807) is 0 Å². The topological polar surface area (TPSA) is 62.3 Å². The van der Waals surface area contributed by atoms with Crippen molar-refractivity contribution in [3.8, 4) is 0 Å². The Bertz CT molecular complexity index is 445. The van der Waals surface area contributed by atoms with Gasteiger partial charge < -0.3 is 5.32 Å². The van der Waals surface area contributed by atoms with Crippen LogP contribution in [0.25, 0.3) is 0 Å². The number of nitrogens with zero attached hydrogens (tertiary/aromatic N) is 2. The monoisotopic (exact) mass is 237 g/mol. The first-order valence-electron chi connectivity index (χ1n) is 5.25. The number of Topliss-reactive ketones (excluding diaryl/α,β-unsaturated/α-hetero) is 1. The summed E-state index contributed by atoms with van der Waals surface area (Å²) in [6, 6.07) is 0. The number of hydrogen-bond donors (Lipinski definition) is 1. The Balaban J connectivity index is 1.92. The van der Waals surface area contributed by atoms with Crippen LogP contribution in [-0.2, 0) is 22.6 Å². The highest BCUT2D eigenvalue weighted by Gasteiger charge is 2.31. The molecule has 1 N–H and O–H groups in total. The van der Waals surface area contributed by atoms with Crippen molar-refractivity contribution in [2.75, 3.05) is 18.0 Å². The van der Waals surface area contributed by atoms with Gasteiger partial charge in [0, 0.05) is 24.4 Å². The number of rotatable bonds is 1. The number of thiazole rings is 1. The van der Waals surface area contributed by atoms with Gasteiger partial charge in [-0.2, -0.15) is 0 Å². The van der Waals surface area contributed by atoms with Gasteiger partial charge in [0.05, 0.1) is 18.7 Å². The highest BCUT2D eigenvalue weighted by atomic mass is 32.1. The van der Waals surface area contributed by atoms with Crippen molar-refractivity contribution in [3.05, 3.63) is 10.6 Å². The molecule has 0 bridgehead atoms. The highest BCUT2D eigenvalue weighted by Crippen LogP contribution is 2.30. The average molecular weight is 237 g/mol. The number of aromatic nitrogens is 1. The summed E-state index contributed by atoms with van der Waals surface area (Å²) >= 11 is 1.52. The van der Waals surface area contributed by atoms with E-state index in [1.165, 1.54) is 21.1 Å². The van der Waals surface area contributed by atoms with Gasteiger partial charge in [0.15, 0.2) is 10.9 Å². The van der Waals surface area contributed by atoms with Crippen LogP contribution in [0.15, 0.2) is 0 Å². The van der Waals surface area contributed by atoms with Crippen LogP contribution in [0.4, 0.5) is 5.13 Å². The summed E-state index contributed by atoms with van der Waals surface area (Å²) in [4.78, 5) is 29.9. The van der Waals surface area contributed by atoms with E-state index in [9.17, 15) is 9.59 Å². The maximum absolute atomic E-state index is 11.6. The van der Waals surface area contributed by atoms with Crippen LogP contribution in [0, 0.1) is 0 Å². The molecule has 0 atom stereocenters. The predicted octanol–water partition coefficient (Wildman–Crippen LogP) is 0.0946. The molecule has 3 rings (SSSR count). The van der Waals surface area contributed by atoms with Gasteiger partial charge in [-0.05, 0) is 0 Å². The Morgan fingerprint density at radius 3 is 2.94 bits per heavy atom. The molecule has 0 unspecified atom stereocenters. The second-order valence-corrected chi connectivity index (χ2v) is 5.05. The van der Waals surface area contributed by atoms with Crippen molar-refractivity contribution < 1.29 is 9.59 Å². The molecule has 84 valence electrons. The largest absolute Gasteiger partial charge is 0.311 e. The molecular weight excluding hydrogens is 226 g/mol. The van der Waals surface area contributed by atoms with Gasteiger partial charge in [-0.25, -0.2) is 4.98 Å². The Hall–Kier alpha value is -1.27. The number of carbonyl (C=O) groups excluding carboxylic acids is 2. The van der Waals surface area contributed by atoms with E-state index in [4.69, 9.17) is 0 Å². The first-order chi connectivity index (χ1) is 7.74. The molecular formula is C10H11N3O2S. The zero-order chi connectivity index (χ0) is 11.1. The lowest BCUT2D eigenvalue weighted by Crippen LogP contribution is -2.24. The van der Waals surface area contributed by atoms with Gasteiger partial charge in [0.25, 0.3) is 0 Å². The number of carbonyl (C=O) groups is 2. The second kappa shape index (κ2) is 3.64. The summed E-state index contributed by atoms with van der Waals surface area (Å²) < 4.78 is 0. The third-order valence-electron chi connectivity index (χ3n) is 2.81. The molecule has 0 saturated carbocycles. The van der Waals surface area contributed by atoms with Gasteiger partial charge in [-0.15, -0.1) is 0 Å². The van der Waals surface area contributed by atoms with E-state index in [2.05, 4.69) is 10.3 Å². The molecule has 1 fully saturated rings. The Labute approximate surface area is 96.5 Å². The predicted molar refractivity (Wildman–Crippen MR) is 59.5 cm³/mol. The van der Waals surface area contributed by atoms with Crippen LogP contribution >= 0.6 is 11.3 Å². The fourth-order valence-electron chi connectivity index (χ4n) is 1.99. The lowest BCUT2D eigenvalue weighted by molar-refractivity contribution is -0.121. The minimum Gasteiger partial charge on any atom is -0.311 e. The third-order valence-corrected chi connectivity index (χ3v) is 3.93. The van der Waals surface area contributed by atoms with Gasteiger partial charge in [-0.3, -0.25) is 14.5 Å². The van der Waals surface area contributed by atoms with E-state index < -0.39 is 0 Å². The fraction of sp³-hybridized carbons (Fsp3) is 0.500. The molecule has 5 nitrogen and oxygen atoms in total. The normalized spacial score (nSPS) is 20.4. The summed E-state index contributed by atoms with van der Waals surface area (Å²) in [6.07, 6.45) is 0.935. The maximum Gasteiger partial charge on any atom is 0.236 e. The number of nitrogens with one attached hydrogen (secondary N) is 1. The molecule has 3 heterocycles. The maximum atomic E-state index is 11.6. The van der Waals surface area contributed by atoms with Crippen molar-refractivity contribution >= 4 is 28.2 Å². The Kier molecular flexibility index (Phi) is 2.26. The van der Waals surface area contributed by atoms with Crippen molar-refractivity contribution in [3.63, 3.8) is 0 Å². The van der Waals surface area contributed by atoms with Crippen LogP contribution in [0.2, 0.25) is 0 Å². The summed E-state index contributed by atoms with van der Waals surface area (Å²) in [5.41, 5.74) is 1.07. The van der Waals surface area contributed by atoms with E-state index >= 15 is 0 Å². The van der Waals surface area contributed by atoms with Crippen LogP contribution < -0.4 is 10.2 Å². The molecule has 0 aliphatic carbocycles. The standard InChI is InChI=1S/C10H11N3O2S/c14-6-3-9(15)13(5-6)10-12-7-1-2-11-4-8(7)16-10/h11H,1-5H2. The first-order valence-corrected chi connectivity index (χ1v) is 6.07. The molecule has 2 aliphatic heterocycles. The number of hydrogen-bond acceptors (Lipinski definition) is 5. The fourth-order valence-corrected chi connectivity index (χ4v) is 3.08. The summed E-state index contributed by atoms with van der Waals surface area (Å²) in [5.74, 6) is -0.139.